The molecule has 0 aromatic heterocycles. The average Bonchev–Trinajstić information content (AvgIpc) is 3.48. The van der Waals surface area contributed by atoms with Crippen molar-refractivity contribution in [3.8, 4) is 0 Å². The molecule has 2 spiro atoms. The van der Waals surface area contributed by atoms with Crippen molar-refractivity contribution in [1.29, 1.82) is 0 Å². The highest BCUT2D eigenvalue weighted by Crippen LogP contribution is 2.72. The first-order chi connectivity index (χ1) is 16.5. The SMILES string of the molecule is C[C@]12CCC(=O)C=C1CCC1C2C(OC(=O)C(F)(F)F)C[C@@]2(C)C1CC[C@@]21OCOC12COCO2. The van der Waals surface area contributed by atoms with Crippen molar-refractivity contribution in [2.75, 3.05) is 20.2 Å². The number of esters is 1. The zero-order chi connectivity index (χ0) is 24.9. The highest BCUT2D eigenvalue weighted by atomic mass is 19.4. The molecule has 0 N–H and O–H groups in total. The van der Waals surface area contributed by atoms with Gasteiger partial charge in [-0.2, -0.15) is 13.2 Å². The minimum atomic E-state index is -5.09. The molecule has 8 atom stereocenters. The van der Waals surface area contributed by atoms with E-state index in [9.17, 15) is 22.8 Å². The van der Waals surface area contributed by atoms with Gasteiger partial charge in [0.1, 0.15) is 18.3 Å². The summed E-state index contributed by atoms with van der Waals surface area (Å²) in [6, 6.07) is 0. The van der Waals surface area contributed by atoms with Crippen molar-refractivity contribution in [2.24, 2.45) is 28.6 Å². The largest absolute Gasteiger partial charge is 0.490 e. The summed E-state index contributed by atoms with van der Waals surface area (Å²) in [6.07, 6.45) is -0.423. The summed E-state index contributed by atoms with van der Waals surface area (Å²) in [6.45, 7) is 4.33. The van der Waals surface area contributed by atoms with Gasteiger partial charge < -0.3 is 23.7 Å². The molecular formula is C25H31F3O7. The third kappa shape index (κ3) is 3.06. The van der Waals surface area contributed by atoms with Crippen molar-refractivity contribution >= 4 is 11.8 Å². The number of hydrogen-bond donors (Lipinski definition) is 0. The van der Waals surface area contributed by atoms with Gasteiger partial charge in [-0.15, -0.1) is 0 Å². The summed E-state index contributed by atoms with van der Waals surface area (Å²) in [5.74, 6) is -3.42. The van der Waals surface area contributed by atoms with Crippen LogP contribution in [0.15, 0.2) is 11.6 Å². The van der Waals surface area contributed by atoms with Crippen LogP contribution in [0.3, 0.4) is 0 Å². The van der Waals surface area contributed by atoms with E-state index in [1.807, 2.05) is 13.8 Å². The first-order valence-electron chi connectivity index (χ1n) is 12.5. The first-order valence-corrected chi connectivity index (χ1v) is 12.5. The highest BCUT2D eigenvalue weighted by Gasteiger charge is 2.77. The summed E-state index contributed by atoms with van der Waals surface area (Å²) in [4.78, 5) is 24.4. The highest BCUT2D eigenvalue weighted by molar-refractivity contribution is 5.91. The fourth-order valence-corrected chi connectivity index (χ4v) is 8.94. The Labute approximate surface area is 201 Å². The van der Waals surface area contributed by atoms with Crippen molar-refractivity contribution < 1.29 is 46.4 Å². The minimum Gasteiger partial charge on any atom is -0.455 e. The molecule has 35 heavy (non-hydrogen) atoms. The first kappa shape index (κ1) is 23.9. The molecule has 10 heteroatoms. The van der Waals surface area contributed by atoms with E-state index in [4.69, 9.17) is 23.7 Å². The predicted octanol–water partition coefficient (Wildman–Crippen LogP) is 4.05. The molecule has 5 unspecified atom stereocenters. The molecule has 2 saturated heterocycles. The lowest BCUT2D eigenvalue weighted by molar-refractivity contribution is -0.263. The summed E-state index contributed by atoms with van der Waals surface area (Å²) >= 11 is 0. The van der Waals surface area contributed by atoms with Crippen molar-refractivity contribution in [3.05, 3.63) is 11.6 Å². The van der Waals surface area contributed by atoms with Gasteiger partial charge in [0, 0.05) is 17.8 Å². The molecule has 6 aliphatic rings. The molecule has 2 heterocycles. The van der Waals surface area contributed by atoms with E-state index < -0.39 is 40.5 Å². The van der Waals surface area contributed by atoms with Crippen LogP contribution in [0.4, 0.5) is 13.2 Å². The van der Waals surface area contributed by atoms with Gasteiger partial charge in [0.25, 0.3) is 0 Å². The Morgan fingerprint density at radius 1 is 1.09 bits per heavy atom. The van der Waals surface area contributed by atoms with Crippen molar-refractivity contribution in [3.63, 3.8) is 0 Å². The third-order valence-corrected chi connectivity index (χ3v) is 10.4. The molecular weight excluding hydrogens is 469 g/mol. The smallest absolute Gasteiger partial charge is 0.455 e. The zero-order valence-electron chi connectivity index (χ0n) is 19.9. The van der Waals surface area contributed by atoms with Crippen LogP contribution in [-0.2, 0) is 33.3 Å². The molecule has 0 aromatic carbocycles. The fourth-order valence-electron chi connectivity index (χ4n) is 8.94. The second-order valence-electron chi connectivity index (χ2n) is 11.6. The van der Waals surface area contributed by atoms with E-state index in [2.05, 4.69) is 0 Å². The average molecular weight is 501 g/mol. The summed E-state index contributed by atoms with van der Waals surface area (Å²) in [5, 5.41) is 0. The van der Waals surface area contributed by atoms with Crippen molar-refractivity contribution in [1.82, 2.24) is 0 Å². The van der Waals surface area contributed by atoms with Crippen LogP contribution in [0.25, 0.3) is 0 Å². The molecule has 0 amide bonds. The van der Waals surface area contributed by atoms with E-state index in [-0.39, 0.29) is 50.2 Å². The van der Waals surface area contributed by atoms with Gasteiger partial charge in [0.05, 0.1) is 0 Å². The predicted molar refractivity (Wildman–Crippen MR) is 112 cm³/mol. The second kappa shape index (κ2) is 7.52. The van der Waals surface area contributed by atoms with E-state index in [0.717, 1.165) is 18.4 Å². The fraction of sp³-hybridized carbons (Fsp3) is 0.840. The van der Waals surface area contributed by atoms with Gasteiger partial charge in [-0.3, -0.25) is 4.79 Å². The van der Waals surface area contributed by atoms with Crippen LogP contribution in [0.2, 0.25) is 0 Å². The van der Waals surface area contributed by atoms with E-state index >= 15 is 0 Å². The number of halogens is 3. The molecule has 4 aliphatic carbocycles. The molecule has 0 radical (unpaired) electrons. The Kier molecular flexibility index (Phi) is 5.13. The maximum Gasteiger partial charge on any atom is 0.490 e. The van der Waals surface area contributed by atoms with Gasteiger partial charge in [-0.25, -0.2) is 4.79 Å². The van der Waals surface area contributed by atoms with Crippen molar-refractivity contribution in [2.45, 2.75) is 82.5 Å². The minimum absolute atomic E-state index is 0.0121. The molecule has 194 valence electrons. The van der Waals surface area contributed by atoms with E-state index in [1.165, 1.54) is 0 Å². The molecule has 7 nitrogen and oxygen atoms in total. The van der Waals surface area contributed by atoms with Crippen LogP contribution in [-0.4, -0.2) is 55.6 Å². The second-order valence-corrected chi connectivity index (χ2v) is 11.6. The Balaban J connectivity index is 1.44. The quantitative estimate of drug-likeness (QED) is 0.503. The molecule has 2 aliphatic heterocycles. The van der Waals surface area contributed by atoms with Gasteiger partial charge in [0.2, 0.25) is 5.79 Å². The standard InChI is InChI=1S/C25H31F3O7/c1-21-7-5-15(29)9-14(21)3-4-16-17-6-8-23(24(34-13-32-23)11-31-12-33-24)22(17,2)10-18(19(16)21)35-20(30)25(26,27)28/h9,16-19H,3-8,10-13H2,1-2H3/t16?,17?,18?,19?,21-,22-,23+,24?/m0/s1. The van der Waals surface area contributed by atoms with E-state index in [1.54, 1.807) is 6.08 Å². The van der Waals surface area contributed by atoms with E-state index in [0.29, 0.717) is 25.7 Å². The summed E-state index contributed by atoms with van der Waals surface area (Å²) in [5.41, 5.74) is -1.09. The topological polar surface area (TPSA) is 80.3 Å². The normalized spacial score (nSPS) is 49.1. The number of ketones is 1. The Morgan fingerprint density at radius 3 is 2.57 bits per heavy atom. The van der Waals surface area contributed by atoms with Gasteiger partial charge >= 0.3 is 12.1 Å². The number of ether oxygens (including phenoxy) is 5. The molecule has 0 bridgehead atoms. The van der Waals surface area contributed by atoms with Crippen LogP contribution < -0.4 is 0 Å². The number of allylic oxidation sites excluding steroid dienone is 1. The van der Waals surface area contributed by atoms with Crippen LogP contribution in [0.5, 0.6) is 0 Å². The number of rotatable bonds is 1. The third-order valence-electron chi connectivity index (χ3n) is 10.4. The number of fused-ring (bicyclic) bond motifs is 7. The lowest BCUT2D eigenvalue weighted by Crippen LogP contribution is -2.66. The lowest BCUT2D eigenvalue weighted by Gasteiger charge is -2.62. The van der Waals surface area contributed by atoms with Crippen LogP contribution in [0, 0.1) is 28.6 Å². The maximum absolute atomic E-state index is 13.4. The van der Waals surface area contributed by atoms with Gasteiger partial charge in [-0.1, -0.05) is 19.4 Å². The monoisotopic (exact) mass is 500 g/mol. The number of hydrogen-bond acceptors (Lipinski definition) is 7. The summed E-state index contributed by atoms with van der Waals surface area (Å²) < 4.78 is 69.3. The molecule has 0 aromatic rings. The lowest BCUT2D eigenvalue weighted by atomic mass is 9.45. The Hall–Kier alpha value is -1.49. The Bertz CT molecular complexity index is 967. The zero-order valence-corrected chi connectivity index (χ0v) is 19.9. The van der Waals surface area contributed by atoms with Gasteiger partial charge in [0.15, 0.2) is 19.4 Å². The van der Waals surface area contributed by atoms with Crippen LogP contribution >= 0.6 is 0 Å². The van der Waals surface area contributed by atoms with Crippen LogP contribution in [0.1, 0.15) is 58.8 Å². The number of carbonyl (C=O) groups excluding carboxylic acids is 2. The number of alkyl halides is 3. The number of carbonyl (C=O) groups is 2. The summed E-state index contributed by atoms with van der Waals surface area (Å²) in [7, 11) is 0. The Morgan fingerprint density at radius 2 is 1.86 bits per heavy atom. The molecule has 5 fully saturated rings. The maximum atomic E-state index is 13.4. The van der Waals surface area contributed by atoms with Gasteiger partial charge in [-0.05, 0) is 61.9 Å². The molecule has 6 rings (SSSR count). The molecule has 3 saturated carbocycles.